The van der Waals surface area contributed by atoms with Crippen LogP contribution in [0.4, 0.5) is 0 Å². The molecule has 1 amide bonds. The summed E-state index contributed by atoms with van der Waals surface area (Å²) in [5, 5.41) is 43.0. The summed E-state index contributed by atoms with van der Waals surface area (Å²) >= 11 is 0. The van der Waals surface area contributed by atoms with Crippen molar-refractivity contribution in [1.29, 1.82) is 0 Å². The minimum atomic E-state index is -1.27. The van der Waals surface area contributed by atoms with Gasteiger partial charge in [-0.3, -0.25) is 4.79 Å². The van der Waals surface area contributed by atoms with Gasteiger partial charge in [0.05, 0.1) is 18.8 Å². The van der Waals surface area contributed by atoms with E-state index < -0.39 is 36.9 Å². The highest BCUT2D eigenvalue weighted by Crippen LogP contribution is 2.14. The zero-order valence-corrected chi connectivity index (χ0v) is 24.2. The summed E-state index contributed by atoms with van der Waals surface area (Å²) in [4.78, 5) is 12.3. The molecule has 6 heteroatoms. The van der Waals surface area contributed by atoms with Gasteiger partial charge >= 0.3 is 0 Å². The molecule has 0 aliphatic carbocycles. The molecule has 0 fully saturated rings. The second kappa shape index (κ2) is 26.6. The minimum absolute atomic E-state index is 0.366. The van der Waals surface area contributed by atoms with Crippen LogP contribution in [0.1, 0.15) is 149 Å². The van der Waals surface area contributed by atoms with E-state index >= 15 is 0 Å². The van der Waals surface area contributed by atoms with Crippen LogP contribution in [0.25, 0.3) is 0 Å². The van der Waals surface area contributed by atoms with Gasteiger partial charge in [0.25, 0.3) is 0 Å². The Morgan fingerprint density at radius 3 is 1.62 bits per heavy atom. The van der Waals surface area contributed by atoms with Crippen LogP contribution in [-0.2, 0) is 4.79 Å². The number of aliphatic hydroxyl groups is 4. The monoisotopic (exact) mass is 527 g/mol. The smallest absolute Gasteiger partial charge is 0.249 e. The zero-order chi connectivity index (χ0) is 27.6. The average Bonchev–Trinajstić information content (AvgIpc) is 2.90. The maximum Gasteiger partial charge on any atom is 0.249 e. The number of rotatable bonds is 27. The topological polar surface area (TPSA) is 110 Å². The number of nitrogens with one attached hydrogen (secondary N) is 1. The molecule has 0 aromatic carbocycles. The first-order valence-electron chi connectivity index (χ1n) is 15.6. The van der Waals surface area contributed by atoms with E-state index in [-0.39, 0.29) is 0 Å². The van der Waals surface area contributed by atoms with Crippen molar-refractivity contribution in [2.24, 2.45) is 0 Å². The largest absolute Gasteiger partial charge is 0.394 e. The molecular formula is C31H61NO5. The Balaban J connectivity index is 3.95. The van der Waals surface area contributed by atoms with Gasteiger partial charge in [-0.15, -0.1) is 0 Å². The second-order valence-electron chi connectivity index (χ2n) is 10.8. The molecule has 0 aliphatic rings. The van der Waals surface area contributed by atoms with E-state index in [2.05, 4.69) is 31.3 Å². The van der Waals surface area contributed by atoms with Crippen molar-refractivity contribution in [3.8, 4) is 0 Å². The third-order valence-electron chi connectivity index (χ3n) is 7.23. The molecule has 0 aromatic rings. The van der Waals surface area contributed by atoms with Crippen LogP contribution < -0.4 is 5.32 Å². The van der Waals surface area contributed by atoms with Gasteiger partial charge in [0.15, 0.2) is 0 Å². The van der Waals surface area contributed by atoms with Crippen LogP contribution in [0.2, 0.25) is 0 Å². The zero-order valence-electron chi connectivity index (χ0n) is 24.2. The lowest BCUT2D eigenvalue weighted by molar-refractivity contribution is -0.132. The summed E-state index contributed by atoms with van der Waals surface area (Å²) in [7, 11) is 0. The van der Waals surface area contributed by atoms with E-state index in [1.165, 1.54) is 83.5 Å². The number of unbranched alkanes of at least 4 members (excludes halogenated alkanes) is 16. The highest BCUT2D eigenvalue weighted by Gasteiger charge is 2.28. The highest BCUT2D eigenvalue weighted by molar-refractivity contribution is 5.80. The Morgan fingerprint density at radius 1 is 0.649 bits per heavy atom. The van der Waals surface area contributed by atoms with Gasteiger partial charge in [-0.2, -0.15) is 0 Å². The molecule has 0 rings (SSSR count). The molecule has 4 atom stereocenters. The third-order valence-corrected chi connectivity index (χ3v) is 7.23. The molecule has 0 spiro atoms. The van der Waals surface area contributed by atoms with Crippen molar-refractivity contribution in [2.45, 2.75) is 173 Å². The Kier molecular flexibility index (Phi) is 26.0. The molecule has 0 heterocycles. The predicted molar refractivity (Wildman–Crippen MR) is 154 cm³/mol. The fourth-order valence-electron chi connectivity index (χ4n) is 4.64. The van der Waals surface area contributed by atoms with Crippen molar-refractivity contribution in [3.05, 3.63) is 12.2 Å². The fourth-order valence-corrected chi connectivity index (χ4v) is 4.64. The SMILES string of the molecule is CCCCCCC/C=C/CCCC(O)C(O)C(CO)NC(=O)C(O)CCCCCCCCCCCCC. The molecule has 0 aromatic heterocycles. The summed E-state index contributed by atoms with van der Waals surface area (Å²) < 4.78 is 0. The van der Waals surface area contributed by atoms with Gasteiger partial charge in [-0.05, 0) is 38.5 Å². The van der Waals surface area contributed by atoms with Crippen LogP contribution in [0, 0.1) is 0 Å². The molecule has 37 heavy (non-hydrogen) atoms. The van der Waals surface area contributed by atoms with Gasteiger partial charge in [-0.1, -0.05) is 122 Å². The highest BCUT2D eigenvalue weighted by atomic mass is 16.3. The van der Waals surface area contributed by atoms with Crippen LogP contribution in [0.15, 0.2) is 12.2 Å². The number of aliphatic hydroxyl groups excluding tert-OH is 4. The molecular weight excluding hydrogens is 466 g/mol. The lowest BCUT2D eigenvalue weighted by Crippen LogP contribution is -2.53. The number of carbonyl (C=O) groups is 1. The number of carbonyl (C=O) groups excluding carboxylic acids is 1. The maximum absolute atomic E-state index is 12.3. The van der Waals surface area contributed by atoms with E-state index in [1.54, 1.807) is 0 Å². The lowest BCUT2D eigenvalue weighted by Gasteiger charge is -2.27. The Bertz CT molecular complexity index is 528. The molecule has 6 nitrogen and oxygen atoms in total. The first-order valence-corrected chi connectivity index (χ1v) is 15.6. The quantitative estimate of drug-likeness (QED) is 0.0633. The summed E-state index contributed by atoms with van der Waals surface area (Å²) in [5.41, 5.74) is 0. The van der Waals surface area contributed by atoms with Crippen LogP contribution in [0.5, 0.6) is 0 Å². The summed E-state index contributed by atoms with van der Waals surface area (Å²) in [5.74, 6) is -0.598. The number of hydrogen-bond acceptors (Lipinski definition) is 5. The summed E-state index contributed by atoms with van der Waals surface area (Å²) in [6, 6.07) is -0.992. The second-order valence-corrected chi connectivity index (χ2v) is 10.8. The standard InChI is InChI=1S/C31H61NO5/c1-3-5-7-9-11-13-15-17-19-21-23-25-29(35)31(37)32-27(26-33)30(36)28(34)24-22-20-18-16-14-12-10-8-6-4-2/h16,18,27-30,33-36H,3-15,17,19-26H2,1-2H3,(H,32,37)/b18-16+. The van der Waals surface area contributed by atoms with Gasteiger partial charge < -0.3 is 25.7 Å². The van der Waals surface area contributed by atoms with E-state index in [1.807, 2.05) is 0 Å². The van der Waals surface area contributed by atoms with Gasteiger partial charge in [0, 0.05) is 0 Å². The lowest BCUT2D eigenvalue weighted by atomic mass is 10.00. The summed E-state index contributed by atoms with van der Waals surface area (Å²) in [6.45, 7) is 3.96. The molecule has 0 saturated carbocycles. The van der Waals surface area contributed by atoms with Gasteiger partial charge in [0.1, 0.15) is 12.2 Å². The Hall–Kier alpha value is -0.950. The molecule has 220 valence electrons. The summed E-state index contributed by atoms with van der Waals surface area (Å²) in [6.07, 6.45) is 23.8. The van der Waals surface area contributed by atoms with Crippen LogP contribution >= 0.6 is 0 Å². The maximum atomic E-state index is 12.3. The molecule has 5 N–H and O–H groups in total. The molecule has 0 radical (unpaired) electrons. The van der Waals surface area contributed by atoms with Crippen molar-refractivity contribution >= 4 is 5.91 Å². The molecule has 0 aliphatic heterocycles. The van der Waals surface area contributed by atoms with Crippen LogP contribution in [0.3, 0.4) is 0 Å². The fraction of sp³-hybridized carbons (Fsp3) is 0.903. The first kappa shape index (κ1) is 36.0. The Labute approximate surface area is 228 Å². The third kappa shape index (κ3) is 21.7. The molecule has 0 bridgehead atoms. The van der Waals surface area contributed by atoms with Crippen LogP contribution in [-0.4, -0.2) is 57.3 Å². The van der Waals surface area contributed by atoms with Crippen molar-refractivity contribution in [1.82, 2.24) is 5.32 Å². The van der Waals surface area contributed by atoms with Crippen molar-refractivity contribution in [2.75, 3.05) is 6.61 Å². The van der Waals surface area contributed by atoms with Gasteiger partial charge in [0.2, 0.25) is 5.91 Å². The van der Waals surface area contributed by atoms with Gasteiger partial charge in [-0.25, -0.2) is 0 Å². The number of hydrogen-bond donors (Lipinski definition) is 5. The average molecular weight is 528 g/mol. The van der Waals surface area contributed by atoms with Crippen molar-refractivity contribution < 1.29 is 25.2 Å². The first-order chi connectivity index (χ1) is 18.0. The number of allylic oxidation sites excluding steroid dienone is 2. The minimum Gasteiger partial charge on any atom is -0.394 e. The van der Waals surface area contributed by atoms with E-state index in [9.17, 15) is 25.2 Å². The van der Waals surface area contributed by atoms with E-state index in [0.717, 1.165) is 38.5 Å². The number of amides is 1. The predicted octanol–water partition coefficient (Wildman–Crippen LogP) is 6.33. The van der Waals surface area contributed by atoms with E-state index in [0.29, 0.717) is 12.8 Å². The normalized spacial score (nSPS) is 15.1. The van der Waals surface area contributed by atoms with Crippen molar-refractivity contribution in [3.63, 3.8) is 0 Å². The molecule has 4 unspecified atom stereocenters. The Morgan fingerprint density at radius 2 is 1.11 bits per heavy atom. The molecule has 0 saturated heterocycles. The van der Waals surface area contributed by atoms with E-state index in [4.69, 9.17) is 0 Å².